The predicted molar refractivity (Wildman–Crippen MR) is 208 cm³/mol. The van der Waals surface area contributed by atoms with Gasteiger partial charge in [-0.25, -0.2) is 0 Å². The molecule has 0 radical (unpaired) electrons. The van der Waals surface area contributed by atoms with Crippen LogP contribution in [0.1, 0.15) is 20.6 Å². The van der Waals surface area contributed by atoms with E-state index in [1.807, 2.05) is 91.0 Å². The topological polar surface area (TPSA) is 3.24 Å². The van der Waals surface area contributed by atoms with Gasteiger partial charge in [0.15, 0.2) is 0 Å². The van der Waals surface area contributed by atoms with Crippen molar-refractivity contribution in [2.24, 2.45) is 0 Å². The highest BCUT2D eigenvalue weighted by atomic mass is 32.1. The van der Waals surface area contributed by atoms with Crippen LogP contribution in [0.5, 0.6) is 0 Å². The summed E-state index contributed by atoms with van der Waals surface area (Å²) in [6.07, 6.45) is 0. The monoisotopic (exact) mass is 644 g/mol. The molecule has 0 bridgehead atoms. The van der Waals surface area contributed by atoms with Crippen LogP contribution in [0.2, 0.25) is 0 Å². The van der Waals surface area contributed by atoms with Crippen molar-refractivity contribution in [2.45, 2.75) is 0 Å². The SMILES string of the molecule is [2H]c1c([2H])c([2H])c(-c2c([2H])c([2H])c([2H])c3c([2H])c(-c4c([2H])c([2H])c(N(c5cccc(-c6ccccc6)c5)c5ccc6sc7ccccc7c6c5)c([2H])c4[2H])c([2H])c([2H])c23)c([2H])c1[2H]. The summed E-state index contributed by atoms with van der Waals surface area (Å²) in [5.74, 6) is 0. The number of benzene rings is 8. The molecule has 0 amide bonds. The summed E-state index contributed by atoms with van der Waals surface area (Å²) in [5, 5.41) is 0.953. The Labute approximate surface area is 305 Å². The highest BCUT2D eigenvalue weighted by Crippen LogP contribution is 2.42. The first-order valence-corrected chi connectivity index (χ1v) is 15.9. The van der Waals surface area contributed by atoms with Crippen molar-refractivity contribution in [2.75, 3.05) is 4.90 Å². The second-order valence-corrected chi connectivity index (χ2v) is 12.1. The Hall–Kier alpha value is -5.96. The van der Waals surface area contributed by atoms with E-state index in [0.717, 1.165) is 31.3 Å². The van der Waals surface area contributed by atoms with Gasteiger partial charge < -0.3 is 4.90 Å². The van der Waals surface area contributed by atoms with Crippen LogP contribution in [0, 0.1) is 0 Å². The molecule has 2 heteroatoms. The molecular formula is C46H31NS. The van der Waals surface area contributed by atoms with Crippen molar-refractivity contribution in [1.82, 2.24) is 0 Å². The van der Waals surface area contributed by atoms with Crippen molar-refractivity contribution < 1.29 is 20.6 Å². The third kappa shape index (κ3) is 5.13. The maximum absolute atomic E-state index is 9.56. The summed E-state index contributed by atoms with van der Waals surface area (Å²) in [6.45, 7) is 0. The smallest absolute Gasteiger partial charge is 0.0645 e. The number of nitrogens with zero attached hydrogens (tertiary/aromatic N) is 1. The number of rotatable bonds is 6. The van der Waals surface area contributed by atoms with E-state index in [4.69, 9.17) is 11.0 Å². The van der Waals surface area contributed by atoms with Crippen molar-refractivity contribution >= 4 is 59.3 Å². The van der Waals surface area contributed by atoms with Gasteiger partial charge in [0, 0.05) is 37.2 Å². The van der Waals surface area contributed by atoms with E-state index in [-0.39, 0.29) is 5.69 Å². The maximum atomic E-state index is 9.56. The van der Waals surface area contributed by atoms with Crippen LogP contribution in [0.25, 0.3) is 64.3 Å². The van der Waals surface area contributed by atoms with Crippen molar-refractivity contribution in [1.29, 1.82) is 0 Å². The van der Waals surface area contributed by atoms with Gasteiger partial charge in [0.1, 0.15) is 0 Å². The molecule has 48 heavy (non-hydrogen) atoms. The average molecular weight is 645 g/mol. The van der Waals surface area contributed by atoms with Gasteiger partial charge >= 0.3 is 0 Å². The molecule has 0 fully saturated rings. The van der Waals surface area contributed by atoms with Gasteiger partial charge in [-0.15, -0.1) is 11.3 Å². The van der Waals surface area contributed by atoms with E-state index < -0.39 is 124 Å². The Morgan fingerprint density at radius 1 is 0.417 bits per heavy atom. The number of fused-ring (bicyclic) bond motifs is 4. The summed E-state index contributed by atoms with van der Waals surface area (Å²) >= 11 is 1.61. The van der Waals surface area contributed by atoms with Crippen LogP contribution in [-0.2, 0) is 0 Å². The van der Waals surface area contributed by atoms with Crippen LogP contribution in [0.4, 0.5) is 17.1 Å². The Morgan fingerprint density at radius 2 is 1.17 bits per heavy atom. The van der Waals surface area contributed by atoms with Crippen LogP contribution < -0.4 is 4.90 Å². The first-order valence-electron chi connectivity index (χ1n) is 22.6. The lowest BCUT2D eigenvalue weighted by Gasteiger charge is -2.26. The third-order valence-corrected chi connectivity index (χ3v) is 9.25. The van der Waals surface area contributed by atoms with E-state index in [2.05, 4.69) is 0 Å². The largest absolute Gasteiger partial charge is 0.310 e. The van der Waals surface area contributed by atoms with Crippen LogP contribution >= 0.6 is 11.3 Å². The molecule has 1 heterocycles. The summed E-state index contributed by atoms with van der Waals surface area (Å²) in [5.41, 5.74) is 0.502. The number of anilines is 3. The van der Waals surface area contributed by atoms with E-state index in [0.29, 0.717) is 11.4 Å². The first-order chi connectivity index (χ1) is 30.0. The standard InChI is InChI=1S/C46H31NS/c1-3-11-32(12-4-1)35-15-9-17-39(30-35)47(40-26-28-46-44(31-40)43-18-7-8-20-45(43)48-46)38-24-21-33(22-25-38)36-23-27-42-37(29-36)16-10-19-41(42)34-13-5-2-6-14-34/h1-31H/i2D,5D,6D,10D,13D,14D,16D,19D,21D,22D,23D,24D,25D,27D,29D. The molecule has 0 aliphatic rings. The zero-order valence-corrected chi connectivity index (χ0v) is 25.9. The molecule has 0 saturated heterocycles. The number of thiophene rings is 1. The van der Waals surface area contributed by atoms with Gasteiger partial charge in [-0.1, -0.05) is 133 Å². The molecular weight excluding hydrogens is 599 g/mol. The fourth-order valence-electron chi connectivity index (χ4n) is 5.85. The highest BCUT2D eigenvalue weighted by molar-refractivity contribution is 7.25. The number of hydrogen-bond donors (Lipinski definition) is 0. The van der Waals surface area contributed by atoms with Crippen molar-refractivity contribution in [3.05, 3.63) is 188 Å². The van der Waals surface area contributed by atoms with Gasteiger partial charge in [-0.3, -0.25) is 0 Å². The molecule has 8 aromatic carbocycles. The zero-order chi connectivity index (χ0) is 44.9. The van der Waals surface area contributed by atoms with E-state index in [1.54, 1.807) is 22.3 Å². The lowest BCUT2D eigenvalue weighted by atomic mass is 9.95. The van der Waals surface area contributed by atoms with Crippen molar-refractivity contribution in [3.8, 4) is 33.4 Å². The fraction of sp³-hybridized carbons (Fsp3) is 0. The molecule has 1 aromatic heterocycles. The molecule has 0 spiro atoms. The molecule has 226 valence electrons. The van der Waals surface area contributed by atoms with Gasteiger partial charge in [-0.05, 0) is 98.7 Å². The third-order valence-electron chi connectivity index (χ3n) is 8.10. The van der Waals surface area contributed by atoms with Crippen molar-refractivity contribution in [3.63, 3.8) is 0 Å². The van der Waals surface area contributed by atoms with Gasteiger partial charge in [-0.2, -0.15) is 0 Å². The molecule has 1 nitrogen and oxygen atoms in total. The molecule has 0 N–H and O–H groups in total. The Kier molecular flexibility index (Phi) is 4.19. The Balaban J connectivity index is 1.32. The second-order valence-electron chi connectivity index (χ2n) is 11.0. The minimum atomic E-state index is -0.792. The normalized spacial score (nSPS) is 15.7. The van der Waals surface area contributed by atoms with E-state index in [1.165, 1.54) is 0 Å². The number of hydrogen-bond acceptors (Lipinski definition) is 2. The second kappa shape index (κ2) is 12.0. The summed E-state index contributed by atoms with van der Waals surface area (Å²) in [6, 6.07) is 20.0. The lowest BCUT2D eigenvalue weighted by molar-refractivity contribution is 1.29. The highest BCUT2D eigenvalue weighted by Gasteiger charge is 2.16. The minimum Gasteiger partial charge on any atom is -0.310 e. The first kappa shape index (κ1) is 16.7. The van der Waals surface area contributed by atoms with Gasteiger partial charge in [0.2, 0.25) is 0 Å². The molecule has 9 aromatic rings. The summed E-state index contributed by atoms with van der Waals surface area (Å²) in [7, 11) is 0. The van der Waals surface area contributed by atoms with Gasteiger partial charge in [0.05, 0.1) is 20.6 Å². The van der Waals surface area contributed by atoms with Crippen LogP contribution in [0.3, 0.4) is 0 Å². The summed E-state index contributed by atoms with van der Waals surface area (Å²) < 4.78 is 136. The average Bonchev–Trinajstić information content (AvgIpc) is 3.67. The maximum Gasteiger partial charge on any atom is 0.0645 e. The Bertz CT molecular complexity index is 3360. The van der Waals surface area contributed by atoms with E-state index in [9.17, 15) is 9.60 Å². The summed E-state index contributed by atoms with van der Waals surface area (Å²) in [4.78, 5) is 1.64. The van der Waals surface area contributed by atoms with Gasteiger partial charge in [0.25, 0.3) is 0 Å². The molecule has 9 rings (SSSR count). The Morgan fingerprint density at radius 3 is 2.04 bits per heavy atom. The quantitative estimate of drug-likeness (QED) is 0.174. The molecule has 0 aliphatic heterocycles. The molecule has 0 saturated carbocycles. The minimum absolute atomic E-state index is 0.139. The molecule has 0 aliphatic carbocycles. The molecule has 0 unspecified atom stereocenters. The fourth-order valence-corrected chi connectivity index (χ4v) is 6.94. The zero-order valence-electron chi connectivity index (χ0n) is 40.1. The van der Waals surface area contributed by atoms with Crippen LogP contribution in [0.15, 0.2) is 188 Å². The lowest BCUT2D eigenvalue weighted by Crippen LogP contribution is -2.10. The predicted octanol–water partition coefficient (Wildman–Crippen LogP) is 13.7. The molecule has 0 atom stereocenters. The van der Waals surface area contributed by atoms with Crippen LogP contribution in [-0.4, -0.2) is 0 Å². The van der Waals surface area contributed by atoms with E-state index >= 15 is 0 Å².